The van der Waals surface area contributed by atoms with Crippen LogP contribution in [0.15, 0.2) is 82.6 Å². The first-order chi connectivity index (χ1) is 17.8. The second-order valence-corrected chi connectivity index (χ2v) is 10.2. The fraction of sp³-hybridized carbons (Fsp3) is 0.167. The topological polar surface area (TPSA) is 400 Å². The van der Waals surface area contributed by atoms with E-state index in [0.717, 1.165) is 0 Å². The van der Waals surface area contributed by atoms with Gasteiger partial charge in [0.25, 0.3) is 0 Å². The predicted octanol–water partition coefficient (Wildman–Crippen LogP) is -3.04. The van der Waals surface area contributed by atoms with Crippen molar-refractivity contribution < 1.29 is 64.3 Å². The summed E-state index contributed by atoms with van der Waals surface area (Å²) in [5.74, 6) is 0. The maximum atomic E-state index is 11.0. The van der Waals surface area contributed by atoms with Crippen LogP contribution in [0.2, 0.25) is 0 Å². The maximum absolute atomic E-state index is 11.0. The number of nitrogens with two attached hydrogens (primary N) is 6. The minimum atomic E-state index is -4.45. The van der Waals surface area contributed by atoms with Crippen molar-refractivity contribution in [2.45, 2.75) is 9.79 Å². The standard InChI is InChI=1S/2C10H9NO3S.2C2H8N2.Ni.4H2O/c2*11-9-5-6-10(15(12,13)14)8-4-2-1-3-7(8)9;2*3-1-2-4;;;;;/h2*1-6H,11H2,(H,12,13,14);2*1-4H2;;4*1H2/q;;;;+2;;;;. The molecule has 4 aromatic rings. The third kappa shape index (κ3) is 15.3. The van der Waals surface area contributed by atoms with Crippen molar-refractivity contribution in [3.8, 4) is 0 Å². The molecule has 16 nitrogen and oxygen atoms in total. The molecule has 0 amide bonds. The average Bonchev–Trinajstić information content (AvgIpc) is 2.88. The summed E-state index contributed by atoms with van der Waals surface area (Å²) in [7, 11) is -8.90. The Hall–Kier alpha value is -3.01. The van der Waals surface area contributed by atoms with Crippen molar-refractivity contribution in [1.29, 1.82) is 0 Å². The summed E-state index contributed by atoms with van der Waals surface area (Å²) in [6, 6.07) is 18.6. The van der Waals surface area contributed by atoms with Crippen LogP contribution < -0.4 is 34.4 Å². The second-order valence-electron chi connectivity index (χ2n) is 7.46. The molecule has 0 atom stereocenters. The average molecular weight is 697 g/mol. The minimum Gasteiger partial charge on any atom is -0.744 e. The van der Waals surface area contributed by atoms with E-state index in [4.69, 9.17) is 34.4 Å². The minimum absolute atomic E-state index is 0. The van der Waals surface area contributed by atoms with Gasteiger partial charge in [0.1, 0.15) is 20.2 Å². The molecular weight excluding hydrogens is 655 g/mol. The molecule has 0 aromatic heterocycles. The van der Waals surface area contributed by atoms with Gasteiger partial charge in [-0.25, -0.2) is 16.8 Å². The Morgan fingerprint density at radius 3 is 0.930 bits per heavy atom. The number of hydrogen-bond acceptors (Lipinski definition) is 12. The van der Waals surface area contributed by atoms with Gasteiger partial charge in [0.15, 0.2) is 0 Å². The van der Waals surface area contributed by atoms with E-state index < -0.39 is 20.2 Å². The summed E-state index contributed by atoms with van der Waals surface area (Å²) < 4.78 is 65.8. The van der Waals surface area contributed by atoms with Gasteiger partial charge in [-0.05, 0) is 24.3 Å². The van der Waals surface area contributed by atoms with E-state index in [-0.39, 0.29) is 48.2 Å². The molecule has 0 saturated carbocycles. The molecule has 248 valence electrons. The van der Waals surface area contributed by atoms with Gasteiger partial charge in [-0.3, -0.25) is 0 Å². The smallest absolute Gasteiger partial charge is 0.744 e. The van der Waals surface area contributed by atoms with Gasteiger partial charge < -0.3 is 65.4 Å². The second kappa shape index (κ2) is 23.4. The Bertz CT molecular complexity index is 1440. The van der Waals surface area contributed by atoms with E-state index in [1.807, 2.05) is 0 Å². The van der Waals surface area contributed by atoms with Crippen molar-refractivity contribution in [2.75, 3.05) is 37.6 Å². The van der Waals surface area contributed by atoms with Crippen LogP contribution >= 0.6 is 0 Å². The first-order valence-electron chi connectivity index (χ1n) is 11.1. The van der Waals surface area contributed by atoms with Gasteiger partial charge in [0.2, 0.25) is 0 Å². The van der Waals surface area contributed by atoms with Crippen LogP contribution in [0.5, 0.6) is 0 Å². The van der Waals surface area contributed by atoms with Gasteiger partial charge in [-0.15, -0.1) is 0 Å². The van der Waals surface area contributed by atoms with Crippen LogP contribution in [0.25, 0.3) is 21.5 Å². The van der Waals surface area contributed by atoms with Crippen molar-refractivity contribution in [2.24, 2.45) is 22.9 Å². The van der Waals surface area contributed by atoms with Crippen LogP contribution in [0.3, 0.4) is 0 Å². The quantitative estimate of drug-likeness (QED) is 0.0536. The molecule has 19 heteroatoms. The molecule has 0 radical (unpaired) electrons. The molecule has 4 rings (SSSR count). The number of hydrogen-bond donors (Lipinski definition) is 6. The molecule has 0 aliphatic heterocycles. The predicted molar refractivity (Wildman–Crippen MR) is 166 cm³/mol. The SMILES string of the molecule is NCCN.NCCN.Nc1ccc(S(=O)(=O)[O-])c2ccccc12.Nc1ccc(S(=O)(=O)[O-])c2ccccc12.O.O.[Ni+2].[OH3+].[OH3+]. The Balaban J connectivity index is -0.000000164. The largest absolute Gasteiger partial charge is 2.00 e. The third-order valence-electron chi connectivity index (χ3n) is 4.71. The van der Waals surface area contributed by atoms with E-state index in [1.165, 1.54) is 24.3 Å². The summed E-state index contributed by atoms with van der Waals surface area (Å²) in [4.78, 5) is -0.459. The number of anilines is 2. The van der Waals surface area contributed by atoms with Gasteiger partial charge >= 0.3 is 16.5 Å². The molecule has 0 spiro atoms. The zero-order valence-corrected chi connectivity index (χ0v) is 25.6. The van der Waals surface area contributed by atoms with E-state index in [1.54, 1.807) is 48.5 Å². The number of nitrogen functional groups attached to an aromatic ring is 2. The molecule has 0 aliphatic carbocycles. The molecule has 0 heterocycles. The molecule has 0 unspecified atom stereocenters. The van der Waals surface area contributed by atoms with Gasteiger partial charge in [0.05, 0.1) is 9.79 Å². The zero-order chi connectivity index (χ0) is 28.9. The normalized spacial score (nSPS) is 9.63. The summed E-state index contributed by atoms with van der Waals surface area (Å²) in [6.45, 7) is 2.39. The third-order valence-corrected chi connectivity index (χ3v) is 6.50. The Kier molecular flexibility index (Phi) is 27.1. The van der Waals surface area contributed by atoms with Gasteiger partial charge in [0, 0.05) is 59.1 Å². The Morgan fingerprint density at radius 1 is 0.488 bits per heavy atom. The van der Waals surface area contributed by atoms with Crippen LogP contribution in [-0.2, 0) is 47.7 Å². The molecule has 0 bridgehead atoms. The molecule has 0 saturated heterocycles. The van der Waals surface area contributed by atoms with Gasteiger partial charge in [-0.2, -0.15) is 0 Å². The van der Waals surface area contributed by atoms with E-state index in [9.17, 15) is 25.9 Å². The van der Waals surface area contributed by atoms with Crippen LogP contribution in [-0.4, -0.2) is 63.1 Å². The summed E-state index contributed by atoms with van der Waals surface area (Å²) in [5, 5.41) is 1.89. The van der Waals surface area contributed by atoms with Crippen LogP contribution in [0, 0.1) is 0 Å². The van der Waals surface area contributed by atoms with Gasteiger partial charge in [-0.1, -0.05) is 48.5 Å². The van der Waals surface area contributed by atoms with Crippen molar-refractivity contribution >= 4 is 53.2 Å². The van der Waals surface area contributed by atoms with Crippen LogP contribution in [0.4, 0.5) is 11.4 Å². The van der Waals surface area contributed by atoms with Crippen molar-refractivity contribution in [1.82, 2.24) is 0 Å². The van der Waals surface area contributed by atoms with Crippen molar-refractivity contribution in [3.63, 3.8) is 0 Å². The van der Waals surface area contributed by atoms with Crippen LogP contribution in [0.1, 0.15) is 0 Å². The number of rotatable bonds is 4. The van der Waals surface area contributed by atoms with Crippen molar-refractivity contribution in [3.05, 3.63) is 72.8 Å². The summed E-state index contributed by atoms with van der Waals surface area (Å²) in [6.07, 6.45) is 0. The molecule has 0 aliphatic rings. The first kappa shape index (κ1) is 49.7. The summed E-state index contributed by atoms with van der Waals surface area (Å²) >= 11 is 0. The monoisotopic (exact) mass is 696 g/mol. The Labute approximate surface area is 260 Å². The number of benzene rings is 4. The molecular formula is C24H42N6NiO10S2+2. The summed E-state index contributed by atoms with van der Waals surface area (Å²) in [5.41, 5.74) is 31.9. The molecule has 43 heavy (non-hydrogen) atoms. The maximum Gasteiger partial charge on any atom is 2.00 e. The zero-order valence-electron chi connectivity index (χ0n) is 23.0. The molecule has 22 N–H and O–H groups in total. The fourth-order valence-electron chi connectivity index (χ4n) is 3.03. The van der Waals surface area contributed by atoms with E-state index in [0.29, 0.717) is 59.1 Å². The van der Waals surface area contributed by atoms with E-state index >= 15 is 0 Å². The molecule has 4 aromatic carbocycles. The first-order valence-corrected chi connectivity index (χ1v) is 13.9. The fourth-order valence-corrected chi connectivity index (χ4v) is 4.39. The van der Waals surface area contributed by atoms with E-state index in [2.05, 4.69) is 0 Å². The number of fused-ring (bicyclic) bond motifs is 2. The Morgan fingerprint density at radius 2 is 0.721 bits per heavy atom. The molecule has 0 fully saturated rings.